The highest BCUT2D eigenvalue weighted by Crippen LogP contribution is 2.32. The van der Waals surface area contributed by atoms with Crippen LogP contribution in [0.5, 0.6) is 0 Å². The zero-order chi connectivity index (χ0) is 20.3. The summed E-state index contributed by atoms with van der Waals surface area (Å²) in [7, 11) is 2.02. The van der Waals surface area contributed by atoms with Crippen molar-refractivity contribution in [2.75, 3.05) is 11.5 Å². The summed E-state index contributed by atoms with van der Waals surface area (Å²) in [6.07, 6.45) is 2.02. The van der Waals surface area contributed by atoms with E-state index in [4.69, 9.17) is 16.5 Å². The number of hydrogen-bond donors (Lipinski definition) is 2. The third kappa shape index (κ3) is 2.62. The van der Waals surface area contributed by atoms with Gasteiger partial charge in [0, 0.05) is 24.3 Å². The Balaban J connectivity index is 1.87. The van der Waals surface area contributed by atoms with Gasteiger partial charge in [-0.3, -0.25) is 4.57 Å². The molecule has 0 saturated carbocycles. The zero-order valence-corrected chi connectivity index (χ0v) is 16.5. The Morgan fingerprint density at radius 1 is 0.862 bits per heavy atom. The first-order chi connectivity index (χ1) is 13.9. The summed E-state index contributed by atoms with van der Waals surface area (Å²) in [6, 6.07) is 14.3. The van der Waals surface area contributed by atoms with Crippen molar-refractivity contribution in [3.05, 3.63) is 59.8 Å². The first-order valence-corrected chi connectivity index (χ1v) is 9.37. The van der Waals surface area contributed by atoms with Crippen molar-refractivity contribution in [3.8, 4) is 17.2 Å². The summed E-state index contributed by atoms with van der Waals surface area (Å²) < 4.78 is 4.22. The van der Waals surface area contributed by atoms with Crippen LogP contribution in [-0.4, -0.2) is 24.1 Å². The second-order valence-corrected chi connectivity index (χ2v) is 7.37. The molecule has 0 bridgehead atoms. The van der Waals surface area contributed by atoms with Crippen LogP contribution in [0.3, 0.4) is 0 Å². The topological polar surface area (TPSA) is 101 Å². The summed E-state index contributed by atoms with van der Waals surface area (Å²) in [6.45, 7) is 4.22. The lowest BCUT2D eigenvalue weighted by Gasteiger charge is -2.12. The second-order valence-electron chi connectivity index (χ2n) is 7.37. The minimum absolute atomic E-state index is 0.164. The Morgan fingerprint density at radius 2 is 1.66 bits per heavy atom. The number of aromatic nitrogens is 5. The van der Waals surface area contributed by atoms with Gasteiger partial charge in [-0.2, -0.15) is 4.98 Å². The lowest BCUT2D eigenvalue weighted by atomic mass is 10.1. The number of benzene rings is 2. The van der Waals surface area contributed by atoms with Crippen LogP contribution in [0.15, 0.2) is 48.7 Å². The van der Waals surface area contributed by atoms with Crippen molar-refractivity contribution in [2.45, 2.75) is 13.8 Å². The van der Waals surface area contributed by atoms with Crippen molar-refractivity contribution < 1.29 is 0 Å². The van der Waals surface area contributed by atoms with E-state index in [0.717, 1.165) is 33.6 Å². The number of rotatable bonds is 2. The number of nitrogens with zero attached hydrogens (tertiary/aromatic N) is 5. The van der Waals surface area contributed by atoms with Gasteiger partial charge in [-0.05, 0) is 67.4 Å². The maximum absolute atomic E-state index is 6.03. The number of hydrogen-bond acceptors (Lipinski definition) is 5. The van der Waals surface area contributed by atoms with Gasteiger partial charge in [-0.1, -0.05) is 0 Å². The molecule has 7 heteroatoms. The molecule has 144 valence electrons. The molecule has 0 saturated heterocycles. The molecule has 5 aromatic rings. The fourth-order valence-corrected chi connectivity index (χ4v) is 3.76. The third-order valence-corrected chi connectivity index (χ3v) is 5.43. The van der Waals surface area contributed by atoms with Crippen LogP contribution < -0.4 is 11.5 Å². The molecular formula is C22H21N7. The molecular weight excluding hydrogens is 362 g/mol. The highest BCUT2D eigenvalue weighted by molar-refractivity contribution is 5.91. The van der Waals surface area contributed by atoms with Gasteiger partial charge in [0.1, 0.15) is 5.82 Å². The molecule has 4 N–H and O–H groups in total. The minimum Gasteiger partial charge on any atom is -0.383 e. The van der Waals surface area contributed by atoms with Crippen molar-refractivity contribution in [3.63, 3.8) is 0 Å². The SMILES string of the molecule is Cc1cc2nc(-c3cccn3C)n(-c3ccc4c(N)nc(N)nc4c3)c2cc1C. The van der Waals surface area contributed by atoms with Crippen LogP contribution in [0.25, 0.3) is 39.1 Å². The quantitative estimate of drug-likeness (QED) is 0.483. The third-order valence-electron chi connectivity index (χ3n) is 5.43. The van der Waals surface area contributed by atoms with Crippen LogP contribution in [-0.2, 0) is 7.05 Å². The smallest absolute Gasteiger partial charge is 0.222 e. The van der Waals surface area contributed by atoms with Crippen LogP contribution in [0.4, 0.5) is 11.8 Å². The normalized spacial score (nSPS) is 11.6. The Hall–Kier alpha value is -3.87. The molecule has 7 nitrogen and oxygen atoms in total. The molecule has 0 aliphatic carbocycles. The predicted molar refractivity (Wildman–Crippen MR) is 117 cm³/mol. The summed E-state index contributed by atoms with van der Waals surface area (Å²) in [4.78, 5) is 13.4. The van der Waals surface area contributed by atoms with Gasteiger partial charge in [0.15, 0.2) is 5.82 Å². The van der Waals surface area contributed by atoms with E-state index in [9.17, 15) is 0 Å². The highest BCUT2D eigenvalue weighted by atomic mass is 15.1. The minimum atomic E-state index is 0.164. The standard InChI is InChI=1S/C22H21N7/c1-12-9-17-19(10-13(12)2)29(21(25-17)18-5-4-8-28(18)3)14-6-7-15-16(11-14)26-22(24)27-20(15)23/h4-11H,1-3H3,(H4,23,24,26,27). The van der Waals surface area contributed by atoms with Crippen LogP contribution in [0.1, 0.15) is 11.1 Å². The molecule has 0 aliphatic rings. The average molecular weight is 383 g/mol. The zero-order valence-electron chi connectivity index (χ0n) is 16.5. The van der Waals surface area contributed by atoms with Gasteiger partial charge in [0.2, 0.25) is 5.95 Å². The van der Waals surface area contributed by atoms with Crippen molar-refractivity contribution in [1.82, 2.24) is 24.1 Å². The second kappa shape index (κ2) is 6.07. The largest absolute Gasteiger partial charge is 0.383 e. The van der Waals surface area contributed by atoms with Gasteiger partial charge in [0.05, 0.1) is 22.2 Å². The average Bonchev–Trinajstić information content (AvgIpc) is 3.24. The van der Waals surface area contributed by atoms with Crippen LogP contribution >= 0.6 is 0 Å². The van der Waals surface area contributed by atoms with E-state index in [2.05, 4.69) is 51.1 Å². The Kier molecular flexibility index (Phi) is 3.61. The predicted octanol–water partition coefficient (Wildman–Crippen LogP) is 3.76. The lowest BCUT2D eigenvalue weighted by Crippen LogP contribution is -2.03. The summed E-state index contributed by atoms with van der Waals surface area (Å²) in [5.74, 6) is 1.41. The van der Waals surface area contributed by atoms with Crippen molar-refractivity contribution in [2.24, 2.45) is 7.05 Å². The van der Waals surface area contributed by atoms with Gasteiger partial charge in [0.25, 0.3) is 0 Å². The maximum atomic E-state index is 6.03. The molecule has 0 amide bonds. The van der Waals surface area contributed by atoms with Crippen LogP contribution in [0, 0.1) is 13.8 Å². The molecule has 0 spiro atoms. The van der Waals surface area contributed by atoms with Gasteiger partial charge in [-0.25, -0.2) is 9.97 Å². The van der Waals surface area contributed by atoms with Gasteiger partial charge in [-0.15, -0.1) is 0 Å². The molecule has 2 aromatic carbocycles. The van der Waals surface area contributed by atoms with Gasteiger partial charge >= 0.3 is 0 Å². The van der Waals surface area contributed by atoms with Gasteiger partial charge < -0.3 is 16.0 Å². The van der Waals surface area contributed by atoms with E-state index < -0.39 is 0 Å². The monoisotopic (exact) mass is 383 g/mol. The molecule has 5 rings (SSSR count). The molecule has 0 fully saturated rings. The molecule has 0 atom stereocenters. The van der Waals surface area contributed by atoms with E-state index in [1.807, 2.05) is 37.5 Å². The van der Waals surface area contributed by atoms with E-state index >= 15 is 0 Å². The number of imidazole rings is 1. The lowest BCUT2D eigenvalue weighted by molar-refractivity contribution is 0.916. The number of anilines is 2. The Labute approximate surface area is 167 Å². The summed E-state index contributed by atoms with van der Waals surface area (Å²) in [5, 5.41) is 0.778. The Bertz CT molecular complexity index is 1410. The summed E-state index contributed by atoms with van der Waals surface area (Å²) >= 11 is 0. The fraction of sp³-hybridized carbons (Fsp3) is 0.136. The molecule has 0 unspecified atom stereocenters. The van der Waals surface area contributed by atoms with E-state index in [1.54, 1.807) is 0 Å². The van der Waals surface area contributed by atoms with Crippen molar-refractivity contribution >= 4 is 33.7 Å². The molecule has 0 radical (unpaired) electrons. The van der Waals surface area contributed by atoms with Crippen molar-refractivity contribution in [1.29, 1.82) is 0 Å². The Morgan fingerprint density at radius 3 is 2.41 bits per heavy atom. The molecule has 3 aromatic heterocycles. The maximum Gasteiger partial charge on any atom is 0.222 e. The summed E-state index contributed by atoms with van der Waals surface area (Å²) in [5.41, 5.74) is 18.9. The number of aryl methyl sites for hydroxylation is 3. The first-order valence-electron chi connectivity index (χ1n) is 9.37. The highest BCUT2D eigenvalue weighted by Gasteiger charge is 2.18. The first kappa shape index (κ1) is 17.2. The molecule has 29 heavy (non-hydrogen) atoms. The number of nitrogens with two attached hydrogens (primary N) is 2. The number of nitrogen functional groups attached to an aromatic ring is 2. The van der Waals surface area contributed by atoms with Crippen LogP contribution in [0.2, 0.25) is 0 Å². The fourth-order valence-electron chi connectivity index (χ4n) is 3.76. The van der Waals surface area contributed by atoms with E-state index in [0.29, 0.717) is 11.3 Å². The number of fused-ring (bicyclic) bond motifs is 2. The molecule has 0 aliphatic heterocycles. The van der Waals surface area contributed by atoms with E-state index in [1.165, 1.54) is 11.1 Å². The molecule has 3 heterocycles. The van der Waals surface area contributed by atoms with E-state index in [-0.39, 0.29) is 5.95 Å².